The van der Waals surface area contributed by atoms with Gasteiger partial charge in [0.15, 0.2) is 5.58 Å². The highest BCUT2D eigenvalue weighted by Gasteiger charge is 2.10. The first kappa shape index (κ1) is 19.3. The molecule has 3 aromatic carbocycles. The van der Waals surface area contributed by atoms with Crippen LogP contribution in [0.15, 0.2) is 76.0 Å². The number of aromatic nitrogens is 1. The lowest BCUT2D eigenvalue weighted by Crippen LogP contribution is -2.24. The summed E-state index contributed by atoms with van der Waals surface area (Å²) in [6.07, 6.45) is 0. The van der Waals surface area contributed by atoms with Gasteiger partial charge in [0, 0.05) is 17.0 Å². The van der Waals surface area contributed by atoms with Crippen LogP contribution in [0.3, 0.4) is 0 Å². The molecule has 0 atom stereocenters. The summed E-state index contributed by atoms with van der Waals surface area (Å²) in [7, 11) is 0. The Morgan fingerprint density at radius 2 is 1.72 bits per heavy atom. The first-order valence-corrected chi connectivity index (χ1v) is 10.5. The fourth-order valence-electron chi connectivity index (χ4n) is 2.99. The quantitative estimate of drug-likeness (QED) is 0.432. The molecule has 0 aliphatic carbocycles. The van der Waals surface area contributed by atoms with Crippen LogP contribution in [0.4, 0.5) is 0 Å². The number of nitrogens with one attached hydrogen (secondary N) is 1. The summed E-state index contributed by atoms with van der Waals surface area (Å²) in [6, 6.07) is 21.9. The van der Waals surface area contributed by atoms with E-state index >= 15 is 0 Å². The van der Waals surface area contributed by atoms with Crippen molar-refractivity contribution in [3.8, 4) is 11.5 Å². The maximum Gasteiger partial charge on any atom is 0.230 e. The Kier molecular flexibility index (Phi) is 5.67. The Balaban J connectivity index is 1.36. The predicted molar refractivity (Wildman–Crippen MR) is 118 cm³/mol. The minimum atomic E-state index is 0.0209. The van der Waals surface area contributed by atoms with E-state index in [2.05, 4.69) is 30.2 Å². The van der Waals surface area contributed by atoms with Gasteiger partial charge < -0.3 is 9.73 Å². The average molecular weight is 403 g/mol. The number of amides is 1. The van der Waals surface area contributed by atoms with Gasteiger partial charge >= 0.3 is 0 Å². The first-order chi connectivity index (χ1) is 14.1. The SMILES string of the molecule is Cc1cc2nc(-c3ccc(CNC(=O)CSc4ccccc4)cc3)oc2cc1C. The van der Waals surface area contributed by atoms with Crippen molar-refractivity contribution >= 4 is 28.8 Å². The maximum absolute atomic E-state index is 12.1. The molecule has 4 nitrogen and oxygen atoms in total. The summed E-state index contributed by atoms with van der Waals surface area (Å²) in [5.41, 5.74) is 6.03. The Morgan fingerprint density at radius 3 is 2.48 bits per heavy atom. The van der Waals surface area contributed by atoms with Gasteiger partial charge in [0.2, 0.25) is 11.8 Å². The van der Waals surface area contributed by atoms with E-state index in [1.54, 1.807) is 0 Å². The van der Waals surface area contributed by atoms with Crippen molar-refractivity contribution in [1.29, 1.82) is 0 Å². The van der Waals surface area contributed by atoms with Gasteiger partial charge in [-0.3, -0.25) is 4.79 Å². The minimum Gasteiger partial charge on any atom is -0.436 e. The van der Waals surface area contributed by atoms with E-state index in [0.29, 0.717) is 18.2 Å². The van der Waals surface area contributed by atoms with E-state index in [1.165, 1.54) is 22.9 Å². The summed E-state index contributed by atoms with van der Waals surface area (Å²) in [5, 5.41) is 2.96. The van der Waals surface area contributed by atoms with E-state index in [1.807, 2.05) is 60.7 Å². The number of thioether (sulfide) groups is 1. The number of benzene rings is 3. The lowest BCUT2D eigenvalue weighted by Gasteiger charge is -2.06. The third kappa shape index (κ3) is 4.69. The summed E-state index contributed by atoms with van der Waals surface area (Å²) >= 11 is 1.53. The number of nitrogens with zero attached hydrogens (tertiary/aromatic N) is 1. The van der Waals surface area contributed by atoms with Crippen molar-refractivity contribution < 1.29 is 9.21 Å². The van der Waals surface area contributed by atoms with Crippen LogP contribution in [0.25, 0.3) is 22.6 Å². The zero-order valence-corrected chi connectivity index (χ0v) is 17.3. The first-order valence-electron chi connectivity index (χ1n) is 9.50. The summed E-state index contributed by atoms with van der Waals surface area (Å²) < 4.78 is 5.92. The number of rotatable bonds is 6. The molecule has 1 aromatic heterocycles. The van der Waals surface area contributed by atoms with Crippen LogP contribution in [0.2, 0.25) is 0 Å². The van der Waals surface area contributed by atoms with Gasteiger partial charge in [0.1, 0.15) is 5.52 Å². The van der Waals surface area contributed by atoms with Gasteiger partial charge in [-0.15, -0.1) is 11.8 Å². The topological polar surface area (TPSA) is 55.1 Å². The molecule has 0 fully saturated rings. The molecule has 4 aromatic rings. The highest BCUT2D eigenvalue weighted by Crippen LogP contribution is 2.26. The van der Waals surface area contributed by atoms with E-state index in [-0.39, 0.29) is 5.91 Å². The molecule has 0 saturated heterocycles. The average Bonchev–Trinajstić information content (AvgIpc) is 3.15. The zero-order chi connectivity index (χ0) is 20.2. The molecule has 1 amide bonds. The molecule has 29 heavy (non-hydrogen) atoms. The molecule has 0 aliphatic heterocycles. The van der Waals surface area contributed by atoms with Crippen molar-refractivity contribution in [2.75, 3.05) is 5.75 Å². The van der Waals surface area contributed by atoms with Gasteiger partial charge in [0.25, 0.3) is 0 Å². The number of aryl methyl sites for hydroxylation is 2. The summed E-state index contributed by atoms with van der Waals surface area (Å²) in [4.78, 5) is 17.8. The Morgan fingerprint density at radius 1 is 1.00 bits per heavy atom. The highest BCUT2D eigenvalue weighted by atomic mass is 32.2. The largest absolute Gasteiger partial charge is 0.436 e. The van der Waals surface area contributed by atoms with Gasteiger partial charge in [-0.05, 0) is 66.9 Å². The number of hydrogen-bond donors (Lipinski definition) is 1. The molecule has 4 rings (SSSR count). The monoisotopic (exact) mass is 402 g/mol. The number of fused-ring (bicyclic) bond motifs is 1. The van der Waals surface area contributed by atoms with E-state index in [0.717, 1.165) is 27.1 Å². The molecule has 146 valence electrons. The zero-order valence-electron chi connectivity index (χ0n) is 16.4. The summed E-state index contributed by atoms with van der Waals surface area (Å²) in [5.74, 6) is 1.04. The van der Waals surface area contributed by atoms with Crippen LogP contribution in [0.5, 0.6) is 0 Å². The van der Waals surface area contributed by atoms with Crippen LogP contribution in [0, 0.1) is 13.8 Å². The van der Waals surface area contributed by atoms with Crippen molar-refractivity contribution in [1.82, 2.24) is 10.3 Å². The molecule has 0 spiro atoms. The van der Waals surface area contributed by atoms with Crippen LogP contribution in [-0.2, 0) is 11.3 Å². The van der Waals surface area contributed by atoms with Crippen LogP contribution in [-0.4, -0.2) is 16.6 Å². The van der Waals surface area contributed by atoms with E-state index < -0.39 is 0 Å². The number of carbonyl (C=O) groups excluding carboxylic acids is 1. The maximum atomic E-state index is 12.1. The normalized spacial score (nSPS) is 11.0. The number of hydrogen-bond acceptors (Lipinski definition) is 4. The van der Waals surface area contributed by atoms with Crippen molar-refractivity contribution in [3.63, 3.8) is 0 Å². The third-order valence-corrected chi connectivity index (χ3v) is 5.82. The molecular formula is C24H22N2O2S. The van der Waals surface area contributed by atoms with Gasteiger partial charge in [0.05, 0.1) is 5.75 Å². The second-order valence-corrected chi connectivity index (χ2v) is 8.05. The van der Waals surface area contributed by atoms with Crippen molar-refractivity contribution in [2.24, 2.45) is 0 Å². The van der Waals surface area contributed by atoms with E-state index in [9.17, 15) is 4.79 Å². The second-order valence-electron chi connectivity index (χ2n) is 7.00. The predicted octanol–water partition coefficient (Wildman–Crippen LogP) is 5.52. The fraction of sp³-hybridized carbons (Fsp3) is 0.167. The molecule has 0 aliphatic rings. The van der Waals surface area contributed by atoms with Crippen LogP contribution < -0.4 is 5.32 Å². The second kappa shape index (κ2) is 8.53. The van der Waals surface area contributed by atoms with Crippen LogP contribution in [0.1, 0.15) is 16.7 Å². The molecule has 5 heteroatoms. The van der Waals surface area contributed by atoms with Gasteiger partial charge in [-0.1, -0.05) is 30.3 Å². The van der Waals surface area contributed by atoms with Crippen molar-refractivity contribution in [2.45, 2.75) is 25.3 Å². The molecule has 0 unspecified atom stereocenters. The van der Waals surface area contributed by atoms with Gasteiger partial charge in [-0.25, -0.2) is 4.98 Å². The highest BCUT2D eigenvalue weighted by molar-refractivity contribution is 8.00. The van der Waals surface area contributed by atoms with Crippen LogP contribution >= 0.6 is 11.8 Å². The Bertz CT molecular complexity index is 1100. The molecule has 1 heterocycles. The summed E-state index contributed by atoms with van der Waals surface area (Å²) in [6.45, 7) is 4.64. The van der Waals surface area contributed by atoms with Gasteiger partial charge in [-0.2, -0.15) is 0 Å². The fourth-order valence-corrected chi connectivity index (χ4v) is 3.74. The Hall–Kier alpha value is -3.05. The standard InChI is InChI=1S/C24H22N2O2S/c1-16-12-21-22(13-17(16)2)28-24(26-21)19-10-8-18(9-11-19)14-25-23(27)15-29-20-6-4-3-5-7-20/h3-13H,14-15H2,1-2H3,(H,25,27). The molecule has 0 radical (unpaired) electrons. The molecule has 0 saturated carbocycles. The number of carbonyl (C=O) groups is 1. The van der Waals surface area contributed by atoms with E-state index in [4.69, 9.17) is 4.42 Å². The lowest BCUT2D eigenvalue weighted by atomic mass is 10.1. The smallest absolute Gasteiger partial charge is 0.230 e. The molecular weight excluding hydrogens is 380 g/mol. The molecule has 0 bridgehead atoms. The number of oxazole rings is 1. The lowest BCUT2D eigenvalue weighted by molar-refractivity contribution is -0.118. The molecule has 1 N–H and O–H groups in total. The third-order valence-electron chi connectivity index (χ3n) is 4.81. The minimum absolute atomic E-state index is 0.0209. The Labute approximate surface area is 174 Å². The van der Waals surface area contributed by atoms with Crippen molar-refractivity contribution in [3.05, 3.63) is 83.4 Å².